The van der Waals surface area contributed by atoms with Crippen molar-refractivity contribution in [1.29, 1.82) is 0 Å². The zero-order valence-corrected chi connectivity index (χ0v) is 26.5. The number of aldehydes is 1. The van der Waals surface area contributed by atoms with Crippen LogP contribution in [0.4, 0.5) is 4.39 Å². The molecule has 0 radical (unpaired) electrons. The van der Waals surface area contributed by atoms with Gasteiger partial charge in [0, 0.05) is 15.8 Å². The second-order valence-electron chi connectivity index (χ2n) is 10.1. The highest BCUT2D eigenvalue weighted by Gasteiger charge is 2.20. The molecule has 220 valence electrons. The molecule has 0 saturated carbocycles. The Hall–Kier alpha value is -2.37. The normalized spacial score (nSPS) is 11.0. The van der Waals surface area contributed by atoms with E-state index in [1.54, 1.807) is 18.2 Å². The fourth-order valence-electron chi connectivity index (χ4n) is 2.82. The summed E-state index contributed by atoms with van der Waals surface area (Å²) in [7, 11) is 1.38. The summed E-state index contributed by atoms with van der Waals surface area (Å²) in [5.41, 5.74) is -0.298. The number of carbonyl (C=O) groups is 3. The van der Waals surface area contributed by atoms with Gasteiger partial charge in [0.05, 0.1) is 30.1 Å². The summed E-state index contributed by atoms with van der Waals surface area (Å²) in [4.78, 5) is 33.3. The van der Waals surface area contributed by atoms with Crippen molar-refractivity contribution < 1.29 is 38.1 Å². The summed E-state index contributed by atoms with van der Waals surface area (Å²) in [6.07, 6.45) is 0.403. The van der Waals surface area contributed by atoms with E-state index < -0.39 is 11.4 Å². The van der Waals surface area contributed by atoms with Gasteiger partial charge in [-0.15, -0.1) is 11.3 Å². The number of carbonyl (C=O) groups excluding carboxylic acids is 3. The van der Waals surface area contributed by atoms with Crippen molar-refractivity contribution in [3.05, 3.63) is 62.2 Å². The number of fused-ring (bicyclic) bond motifs is 1. The maximum atomic E-state index is 12.8. The Balaban J connectivity index is 0.000000328. The van der Waals surface area contributed by atoms with Crippen LogP contribution in [-0.2, 0) is 20.9 Å². The minimum atomic E-state index is -0.633. The molecule has 0 aliphatic carbocycles. The molecule has 0 amide bonds. The fourth-order valence-corrected chi connectivity index (χ4v) is 4.35. The molecule has 1 N–H and O–H groups in total. The molecule has 0 aliphatic heterocycles. The number of benzene rings is 2. The molecular weight excluding hydrogens is 602 g/mol. The molecule has 0 aliphatic rings. The standard InChI is InChI=1S/C14H15ClO3S.C8H6ClFO2.C6H12O2S/c1-14(2,3)18-13(17)12-5-8-4-10(15)9(7-16)6-11(8)19-12;1-12-8-3-7(10)5(4-11)2-6(8)9;1-6(2,3)8-5(7)4-9/h4-6,16H,7H2,1-3H3;2-4H,1H3;9H,4H2,1-3H3. The first-order valence-corrected chi connectivity index (χ1v) is 14.0. The van der Waals surface area contributed by atoms with Gasteiger partial charge >= 0.3 is 11.9 Å². The van der Waals surface area contributed by atoms with E-state index in [1.807, 2.05) is 41.5 Å². The molecule has 0 saturated heterocycles. The second kappa shape index (κ2) is 15.6. The summed E-state index contributed by atoms with van der Waals surface area (Å²) in [6.45, 7) is 10.9. The molecule has 0 spiro atoms. The van der Waals surface area contributed by atoms with Crippen LogP contribution in [0.1, 0.15) is 67.1 Å². The maximum Gasteiger partial charge on any atom is 0.348 e. The third kappa shape index (κ3) is 12.0. The highest BCUT2D eigenvalue weighted by Crippen LogP contribution is 2.32. The Kier molecular flexibility index (Phi) is 13.9. The van der Waals surface area contributed by atoms with Crippen molar-refractivity contribution in [2.24, 2.45) is 0 Å². The Labute approximate surface area is 252 Å². The van der Waals surface area contributed by atoms with E-state index in [2.05, 4.69) is 12.6 Å². The van der Waals surface area contributed by atoms with Gasteiger partial charge in [-0.05, 0) is 76.8 Å². The van der Waals surface area contributed by atoms with Crippen molar-refractivity contribution in [2.75, 3.05) is 12.9 Å². The summed E-state index contributed by atoms with van der Waals surface area (Å²) in [5, 5.41) is 10.8. The Morgan fingerprint density at radius 1 is 1.00 bits per heavy atom. The lowest BCUT2D eigenvalue weighted by Gasteiger charge is -2.18. The molecule has 0 bridgehead atoms. The number of methoxy groups -OCH3 is 1. The van der Waals surface area contributed by atoms with Gasteiger partial charge < -0.3 is 19.3 Å². The van der Waals surface area contributed by atoms with Crippen molar-refractivity contribution in [3.8, 4) is 5.75 Å². The third-order valence-corrected chi connectivity index (χ3v) is 6.39. The monoisotopic (exact) mass is 634 g/mol. The van der Waals surface area contributed by atoms with E-state index in [0.29, 0.717) is 21.7 Å². The smallest absolute Gasteiger partial charge is 0.348 e. The lowest BCUT2D eigenvalue weighted by atomic mass is 10.2. The zero-order chi connectivity index (χ0) is 30.8. The van der Waals surface area contributed by atoms with Crippen LogP contribution in [0, 0.1) is 5.82 Å². The molecule has 0 atom stereocenters. The van der Waals surface area contributed by atoms with E-state index in [4.69, 9.17) is 37.4 Å². The average Bonchev–Trinajstić information content (AvgIpc) is 3.26. The van der Waals surface area contributed by atoms with E-state index in [-0.39, 0.29) is 46.2 Å². The topological polar surface area (TPSA) is 99.1 Å². The molecule has 1 heterocycles. The largest absolute Gasteiger partial charge is 0.495 e. The summed E-state index contributed by atoms with van der Waals surface area (Å²) >= 11 is 16.7. The number of ether oxygens (including phenoxy) is 3. The van der Waals surface area contributed by atoms with Crippen molar-refractivity contribution in [1.82, 2.24) is 0 Å². The van der Waals surface area contributed by atoms with Gasteiger partial charge in [-0.3, -0.25) is 9.59 Å². The van der Waals surface area contributed by atoms with Crippen molar-refractivity contribution in [2.45, 2.75) is 59.4 Å². The van der Waals surface area contributed by atoms with Gasteiger partial charge in [-0.1, -0.05) is 23.2 Å². The van der Waals surface area contributed by atoms with E-state index in [9.17, 15) is 23.9 Å². The number of thiol groups is 1. The summed E-state index contributed by atoms with van der Waals surface area (Å²) in [6, 6.07) is 7.62. The van der Waals surface area contributed by atoms with Crippen LogP contribution in [0.15, 0.2) is 30.3 Å². The minimum Gasteiger partial charge on any atom is -0.495 e. The van der Waals surface area contributed by atoms with Crippen LogP contribution in [0.3, 0.4) is 0 Å². The van der Waals surface area contributed by atoms with Crippen LogP contribution in [0.25, 0.3) is 10.1 Å². The predicted octanol–water partition coefficient (Wildman–Crippen LogP) is 7.56. The molecule has 3 rings (SSSR count). The molecule has 1 aromatic heterocycles. The number of halogens is 3. The van der Waals surface area contributed by atoms with Gasteiger partial charge in [-0.2, -0.15) is 12.6 Å². The molecule has 2 aromatic carbocycles. The van der Waals surface area contributed by atoms with Gasteiger partial charge in [0.1, 0.15) is 27.6 Å². The van der Waals surface area contributed by atoms with E-state index >= 15 is 0 Å². The second-order valence-corrected chi connectivity index (χ2v) is 12.3. The first-order valence-electron chi connectivity index (χ1n) is 11.8. The minimum absolute atomic E-state index is 0.0687. The first-order chi connectivity index (χ1) is 18.4. The first kappa shape index (κ1) is 35.7. The van der Waals surface area contributed by atoms with Crippen LogP contribution in [-0.4, -0.2) is 47.4 Å². The number of aliphatic hydroxyl groups is 1. The van der Waals surface area contributed by atoms with Gasteiger partial charge in [-0.25, -0.2) is 9.18 Å². The molecule has 0 fully saturated rings. The van der Waals surface area contributed by atoms with Gasteiger partial charge in [0.2, 0.25) is 0 Å². The molecule has 7 nitrogen and oxygen atoms in total. The van der Waals surface area contributed by atoms with Crippen LogP contribution < -0.4 is 4.74 Å². The Bertz CT molecular complexity index is 1330. The van der Waals surface area contributed by atoms with Gasteiger partial charge in [0.25, 0.3) is 0 Å². The number of hydrogen-bond acceptors (Lipinski definition) is 9. The van der Waals surface area contributed by atoms with Crippen LogP contribution >= 0.6 is 47.2 Å². The van der Waals surface area contributed by atoms with E-state index in [0.717, 1.165) is 16.2 Å². The highest BCUT2D eigenvalue weighted by atomic mass is 35.5. The van der Waals surface area contributed by atoms with Gasteiger partial charge in [0.15, 0.2) is 6.29 Å². The fraction of sp³-hybridized carbons (Fsp3) is 0.393. The number of thiophene rings is 1. The number of aliphatic hydroxyl groups excluding tert-OH is 1. The highest BCUT2D eigenvalue weighted by molar-refractivity contribution is 7.81. The molecule has 40 heavy (non-hydrogen) atoms. The lowest BCUT2D eigenvalue weighted by Crippen LogP contribution is -2.24. The van der Waals surface area contributed by atoms with Crippen LogP contribution in [0.2, 0.25) is 10.0 Å². The molecule has 12 heteroatoms. The average molecular weight is 636 g/mol. The molecule has 0 unspecified atom stereocenters. The SMILES string of the molecule is CC(C)(C)OC(=O)CS.CC(C)(C)OC(=O)c1cc2cc(Cl)c(CO)cc2s1.COc1cc(F)c(C=O)cc1Cl. The summed E-state index contributed by atoms with van der Waals surface area (Å²) in [5.74, 6) is -0.871. The number of rotatable bonds is 5. The molecule has 3 aromatic rings. The van der Waals surface area contributed by atoms with Crippen molar-refractivity contribution >= 4 is 75.5 Å². The van der Waals surface area contributed by atoms with E-state index in [1.165, 1.54) is 24.5 Å². The maximum absolute atomic E-state index is 12.8. The van der Waals surface area contributed by atoms with Crippen LogP contribution in [0.5, 0.6) is 5.75 Å². The Morgan fingerprint density at radius 3 is 2.05 bits per heavy atom. The number of esters is 2. The number of hydrogen-bond donors (Lipinski definition) is 2. The third-order valence-electron chi connectivity index (χ3n) is 4.40. The Morgan fingerprint density at radius 2 is 1.60 bits per heavy atom. The zero-order valence-electron chi connectivity index (χ0n) is 23.3. The molecular formula is C28H33Cl2FO7S2. The predicted molar refractivity (Wildman–Crippen MR) is 161 cm³/mol. The lowest BCUT2D eigenvalue weighted by molar-refractivity contribution is -0.151. The van der Waals surface area contributed by atoms with Crippen molar-refractivity contribution in [3.63, 3.8) is 0 Å². The summed E-state index contributed by atoms with van der Waals surface area (Å²) < 4.78 is 28.7. The quantitative estimate of drug-likeness (QED) is 0.170.